The van der Waals surface area contributed by atoms with Crippen LogP contribution in [0.3, 0.4) is 0 Å². The lowest BCUT2D eigenvalue weighted by Crippen LogP contribution is -2.37. The molecule has 2 rings (SSSR count). The van der Waals surface area contributed by atoms with Crippen molar-refractivity contribution in [3.8, 4) is 0 Å². The quantitative estimate of drug-likeness (QED) is 0.656. The first-order valence-electron chi connectivity index (χ1n) is 7.70. The van der Waals surface area contributed by atoms with E-state index in [1.54, 1.807) is 18.2 Å². The van der Waals surface area contributed by atoms with E-state index in [0.717, 1.165) is 23.3 Å². The number of nitrogens with one attached hydrogen (secondary N) is 1. The van der Waals surface area contributed by atoms with Gasteiger partial charge in [-0.05, 0) is 42.7 Å². The van der Waals surface area contributed by atoms with Gasteiger partial charge in [0.2, 0.25) is 15.9 Å². The highest BCUT2D eigenvalue weighted by molar-refractivity contribution is 7.98. The van der Waals surface area contributed by atoms with Crippen LogP contribution in [0.5, 0.6) is 0 Å². The monoisotopic (exact) mass is 452 g/mol. The molecule has 11 heteroatoms. The first kappa shape index (κ1) is 22.4. The maximum absolute atomic E-state index is 13.0. The fourth-order valence-electron chi connectivity index (χ4n) is 2.29. The van der Waals surface area contributed by atoms with Crippen LogP contribution >= 0.6 is 23.4 Å². The Kier molecular flexibility index (Phi) is 6.89. The van der Waals surface area contributed by atoms with Crippen LogP contribution in [0.2, 0.25) is 5.02 Å². The maximum Gasteiger partial charge on any atom is 0.416 e. The molecule has 28 heavy (non-hydrogen) atoms. The number of carbonyl (C=O) groups excluding carboxylic acids is 1. The van der Waals surface area contributed by atoms with E-state index < -0.39 is 39.9 Å². The van der Waals surface area contributed by atoms with Crippen molar-refractivity contribution in [2.24, 2.45) is 0 Å². The molecule has 0 atom stereocenters. The summed E-state index contributed by atoms with van der Waals surface area (Å²) < 4.78 is 63.8. The molecule has 0 aromatic heterocycles. The number of sulfonamides is 1. The van der Waals surface area contributed by atoms with Crippen molar-refractivity contribution in [2.75, 3.05) is 28.7 Å². The summed E-state index contributed by atoms with van der Waals surface area (Å²) in [7, 11) is -4.09. The lowest BCUT2D eigenvalue weighted by molar-refractivity contribution is -0.137. The summed E-state index contributed by atoms with van der Waals surface area (Å²) in [5.41, 5.74) is -1.07. The number of hydrogen-bond acceptors (Lipinski definition) is 4. The average Bonchev–Trinajstić information content (AvgIpc) is 2.58. The molecule has 0 aliphatic heterocycles. The maximum atomic E-state index is 13.0. The van der Waals surface area contributed by atoms with Gasteiger partial charge in [0.15, 0.2) is 0 Å². The van der Waals surface area contributed by atoms with E-state index in [-0.39, 0.29) is 5.02 Å². The van der Waals surface area contributed by atoms with Crippen molar-refractivity contribution in [3.63, 3.8) is 0 Å². The molecule has 2 aromatic carbocycles. The van der Waals surface area contributed by atoms with Gasteiger partial charge >= 0.3 is 6.18 Å². The second-order valence-electron chi connectivity index (χ2n) is 5.71. The van der Waals surface area contributed by atoms with Crippen molar-refractivity contribution >= 4 is 50.7 Å². The molecule has 0 aliphatic rings. The predicted octanol–water partition coefficient (Wildman–Crippen LogP) is 4.49. The molecule has 5 nitrogen and oxygen atoms in total. The number of halogens is 4. The summed E-state index contributed by atoms with van der Waals surface area (Å²) in [6, 6.07) is 9.11. The number of amides is 1. The predicted molar refractivity (Wildman–Crippen MR) is 105 cm³/mol. The summed E-state index contributed by atoms with van der Waals surface area (Å²) in [6.07, 6.45) is -2.06. The Balaban J connectivity index is 2.34. The van der Waals surface area contributed by atoms with Gasteiger partial charge in [-0.15, -0.1) is 11.8 Å². The highest BCUT2D eigenvalue weighted by Crippen LogP contribution is 2.36. The summed E-state index contributed by atoms with van der Waals surface area (Å²) in [5, 5.41) is 2.30. The number of alkyl halides is 3. The van der Waals surface area contributed by atoms with E-state index >= 15 is 0 Å². The lowest BCUT2D eigenvalue weighted by atomic mass is 10.2. The topological polar surface area (TPSA) is 66.5 Å². The molecule has 152 valence electrons. The SMILES string of the molecule is CSc1cccc(NC(=O)CN(c2cc(C(F)(F)F)ccc2Cl)S(C)(=O)=O)c1. The fourth-order valence-corrected chi connectivity index (χ4v) is 3.88. The third kappa shape index (κ3) is 5.79. The van der Waals surface area contributed by atoms with E-state index in [4.69, 9.17) is 11.6 Å². The van der Waals surface area contributed by atoms with E-state index in [2.05, 4.69) is 5.32 Å². The molecule has 1 N–H and O–H groups in total. The van der Waals surface area contributed by atoms with Gasteiger partial charge in [0.25, 0.3) is 0 Å². The van der Waals surface area contributed by atoms with Crippen LogP contribution < -0.4 is 9.62 Å². The highest BCUT2D eigenvalue weighted by atomic mass is 35.5. The van der Waals surface area contributed by atoms with Crippen molar-refractivity contribution in [3.05, 3.63) is 53.1 Å². The molecule has 2 aromatic rings. The Morgan fingerprint density at radius 1 is 1.21 bits per heavy atom. The number of hydrogen-bond donors (Lipinski definition) is 1. The van der Waals surface area contributed by atoms with Gasteiger partial charge in [0.1, 0.15) is 6.54 Å². The minimum Gasteiger partial charge on any atom is -0.324 e. The second-order valence-corrected chi connectivity index (χ2v) is 8.91. The van der Waals surface area contributed by atoms with Crippen molar-refractivity contribution in [2.45, 2.75) is 11.1 Å². The lowest BCUT2D eigenvalue weighted by Gasteiger charge is -2.24. The largest absolute Gasteiger partial charge is 0.416 e. The second kappa shape index (κ2) is 8.62. The fraction of sp³-hybridized carbons (Fsp3) is 0.235. The van der Waals surface area contributed by atoms with Crippen molar-refractivity contribution in [1.82, 2.24) is 0 Å². The van der Waals surface area contributed by atoms with Crippen LogP contribution in [0.4, 0.5) is 24.5 Å². The molecule has 0 saturated carbocycles. The Morgan fingerprint density at radius 3 is 2.46 bits per heavy atom. The standard InChI is InChI=1S/C17H16ClF3N2O3S2/c1-27-13-5-3-4-12(9-13)22-16(24)10-23(28(2,25)26)15-8-11(17(19,20)21)6-7-14(15)18/h3-9H,10H2,1-2H3,(H,22,24). The number of carbonyl (C=O) groups is 1. The smallest absolute Gasteiger partial charge is 0.324 e. The van der Waals surface area contributed by atoms with E-state index in [1.807, 2.05) is 12.3 Å². The number of rotatable bonds is 6. The van der Waals surface area contributed by atoms with Gasteiger partial charge in [0.05, 0.1) is 22.5 Å². The molecule has 0 fully saturated rings. The molecular weight excluding hydrogens is 437 g/mol. The van der Waals surface area contributed by atoms with Gasteiger partial charge in [-0.3, -0.25) is 9.10 Å². The zero-order chi connectivity index (χ0) is 21.1. The first-order valence-corrected chi connectivity index (χ1v) is 11.2. The van der Waals surface area contributed by atoms with Crippen LogP contribution in [0, 0.1) is 0 Å². The third-order valence-corrected chi connectivity index (χ3v) is 5.75. The molecule has 0 heterocycles. The summed E-state index contributed by atoms with van der Waals surface area (Å²) in [4.78, 5) is 13.2. The molecular formula is C17H16ClF3N2O3S2. The molecule has 0 unspecified atom stereocenters. The number of nitrogens with zero attached hydrogens (tertiary/aromatic N) is 1. The van der Waals surface area contributed by atoms with Crippen LogP contribution in [0.1, 0.15) is 5.56 Å². The van der Waals surface area contributed by atoms with Gasteiger partial charge in [-0.25, -0.2) is 8.42 Å². The molecule has 1 amide bonds. The van der Waals surface area contributed by atoms with Crippen LogP contribution in [-0.4, -0.2) is 33.4 Å². The van der Waals surface area contributed by atoms with Crippen LogP contribution in [-0.2, 0) is 21.0 Å². The number of thioether (sulfide) groups is 1. The molecule has 0 aliphatic carbocycles. The van der Waals surface area contributed by atoms with Gasteiger partial charge in [-0.1, -0.05) is 17.7 Å². The summed E-state index contributed by atoms with van der Waals surface area (Å²) >= 11 is 7.37. The molecule has 0 saturated heterocycles. The van der Waals surface area contributed by atoms with E-state index in [0.29, 0.717) is 16.1 Å². The van der Waals surface area contributed by atoms with Crippen molar-refractivity contribution in [1.29, 1.82) is 0 Å². The molecule has 0 bridgehead atoms. The number of anilines is 2. The molecule has 0 spiro atoms. The Morgan fingerprint density at radius 2 is 1.89 bits per heavy atom. The van der Waals surface area contributed by atoms with Crippen LogP contribution in [0.25, 0.3) is 0 Å². The Hall–Kier alpha value is -1.91. The van der Waals surface area contributed by atoms with E-state index in [1.165, 1.54) is 11.8 Å². The summed E-state index contributed by atoms with van der Waals surface area (Å²) in [6.45, 7) is -0.733. The number of benzene rings is 2. The van der Waals surface area contributed by atoms with E-state index in [9.17, 15) is 26.4 Å². The first-order chi connectivity index (χ1) is 12.9. The summed E-state index contributed by atoms with van der Waals surface area (Å²) in [5.74, 6) is -0.725. The third-order valence-electron chi connectivity index (χ3n) is 3.58. The minimum absolute atomic E-state index is 0.226. The normalized spacial score (nSPS) is 11.9. The van der Waals surface area contributed by atoms with Gasteiger partial charge in [0, 0.05) is 10.6 Å². The van der Waals surface area contributed by atoms with Crippen LogP contribution in [0.15, 0.2) is 47.4 Å². The van der Waals surface area contributed by atoms with Gasteiger partial charge < -0.3 is 5.32 Å². The zero-order valence-electron chi connectivity index (χ0n) is 14.7. The highest BCUT2D eigenvalue weighted by Gasteiger charge is 2.33. The zero-order valence-corrected chi connectivity index (χ0v) is 17.1. The molecule has 0 radical (unpaired) electrons. The average molecular weight is 453 g/mol. The Bertz CT molecular complexity index is 982. The minimum atomic E-state index is -4.69. The Labute approximate surface area is 169 Å². The van der Waals surface area contributed by atoms with Gasteiger partial charge in [-0.2, -0.15) is 13.2 Å². The van der Waals surface area contributed by atoms with Crippen molar-refractivity contribution < 1.29 is 26.4 Å².